The SMILES string of the molecule is Cc1cc(C)c(NC(=O)CNC(C)(C)C)c(Cl)c1. The van der Waals surface area contributed by atoms with Crippen LogP contribution >= 0.6 is 11.6 Å². The molecular formula is C14H21ClN2O. The van der Waals surface area contributed by atoms with Gasteiger partial charge in [0, 0.05) is 5.54 Å². The minimum absolute atomic E-state index is 0.0799. The van der Waals surface area contributed by atoms with E-state index in [-0.39, 0.29) is 18.0 Å². The maximum atomic E-state index is 11.8. The summed E-state index contributed by atoms with van der Waals surface area (Å²) in [5.74, 6) is -0.0845. The number of benzene rings is 1. The molecule has 0 heterocycles. The summed E-state index contributed by atoms with van der Waals surface area (Å²) in [6.07, 6.45) is 0. The lowest BCUT2D eigenvalue weighted by Gasteiger charge is -2.20. The predicted octanol–water partition coefficient (Wildman–Crippen LogP) is 3.28. The number of nitrogens with one attached hydrogen (secondary N) is 2. The monoisotopic (exact) mass is 268 g/mol. The Morgan fingerprint density at radius 3 is 2.39 bits per heavy atom. The van der Waals surface area contributed by atoms with Gasteiger partial charge in [0.25, 0.3) is 0 Å². The van der Waals surface area contributed by atoms with Crippen LogP contribution in [-0.4, -0.2) is 18.0 Å². The number of rotatable bonds is 3. The van der Waals surface area contributed by atoms with Gasteiger partial charge in [0.15, 0.2) is 0 Å². The van der Waals surface area contributed by atoms with Gasteiger partial charge < -0.3 is 10.6 Å². The average Bonchev–Trinajstić information content (AvgIpc) is 2.19. The van der Waals surface area contributed by atoms with Crippen LogP contribution in [0.2, 0.25) is 5.02 Å². The second-order valence-electron chi connectivity index (χ2n) is 5.59. The second kappa shape index (κ2) is 5.72. The van der Waals surface area contributed by atoms with Gasteiger partial charge in [0.05, 0.1) is 17.3 Å². The normalized spacial score (nSPS) is 11.4. The molecule has 0 saturated carbocycles. The Morgan fingerprint density at radius 2 is 1.89 bits per heavy atom. The quantitative estimate of drug-likeness (QED) is 0.883. The van der Waals surface area contributed by atoms with E-state index in [9.17, 15) is 4.79 Å². The first-order valence-corrected chi connectivity index (χ1v) is 6.38. The van der Waals surface area contributed by atoms with E-state index in [1.54, 1.807) is 0 Å². The first-order chi connectivity index (χ1) is 8.19. The number of anilines is 1. The highest BCUT2D eigenvalue weighted by atomic mass is 35.5. The van der Waals surface area contributed by atoms with Gasteiger partial charge in [-0.3, -0.25) is 4.79 Å². The number of hydrogen-bond donors (Lipinski definition) is 2. The maximum absolute atomic E-state index is 11.8. The van der Waals surface area contributed by atoms with Crippen LogP contribution in [0.5, 0.6) is 0 Å². The van der Waals surface area contributed by atoms with Gasteiger partial charge in [0.2, 0.25) is 5.91 Å². The van der Waals surface area contributed by atoms with Crippen LogP contribution in [0.1, 0.15) is 31.9 Å². The number of halogens is 1. The number of amides is 1. The van der Waals surface area contributed by atoms with Crippen molar-refractivity contribution in [3.8, 4) is 0 Å². The summed E-state index contributed by atoms with van der Waals surface area (Å²) in [6, 6.07) is 3.85. The third kappa shape index (κ3) is 4.67. The number of carbonyl (C=O) groups excluding carboxylic acids is 1. The highest BCUT2D eigenvalue weighted by Crippen LogP contribution is 2.27. The molecule has 1 amide bonds. The summed E-state index contributed by atoms with van der Waals surface area (Å²) in [4.78, 5) is 11.8. The molecule has 0 bridgehead atoms. The zero-order valence-electron chi connectivity index (χ0n) is 11.6. The first-order valence-electron chi connectivity index (χ1n) is 6.00. The minimum atomic E-state index is -0.0845. The fourth-order valence-corrected chi connectivity index (χ4v) is 1.97. The zero-order chi connectivity index (χ0) is 13.9. The van der Waals surface area contributed by atoms with Gasteiger partial charge in [0.1, 0.15) is 0 Å². The molecule has 0 unspecified atom stereocenters. The molecule has 0 aliphatic carbocycles. The first kappa shape index (κ1) is 15.0. The van der Waals surface area contributed by atoms with E-state index in [0.29, 0.717) is 10.7 Å². The molecule has 100 valence electrons. The Bertz CT molecular complexity index is 427. The molecule has 18 heavy (non-hydrogen) atoms. The molecule has 1 aromatic rings. The average molecular weight is 269 g/mol. The minimum Gasteiger partial charge on any atom is -0.323 e. The van der Waals surface area contributed by atoms with Crippen LogP contribution in [0.15, 0.2) is 12.1 Å². The maximum Gasteiger partial charge on any atom is 0.238 e. The van der Waals surface area contributed by atoms with Crippen molar-refractivity contribution < 1.29 is 4.79 Å². The van der Waals surface area contributed by atoms with Crippen LogP contribution in [0.3, 0.4) is 0 Å². The lowest BCUT2D eigenvalue weighted by Crippen LogP contribution is -2.41. The number of aryl methyl sites for hydroxylation is 2. The van der Waals surface area contributed by atoms with E-state index in [1.165, 1.54) is 0 Å². The van der Waals surface area contributed by atoms with Gasteiger partial charge in [-0.1, -0.05) is 17.7 Å². The Morgan fingerprint density at radius 1 is 1.28 bits per heavy atom. The van der Waals surface area contributed by atoms with E-state index in [2.05, 4.69) is 10.6 Å². The fraction of sp³-hybridized carbons (Fsp3) is 0.500. The second-order valence-corrected chi connectivity index (χ2v) is 6.00. The molecule has 2 N–H and O–H groups in total. The molecular weight excluding hydrogens is 248 g/mol. The summed E-state index contributed by atoms with van der Waals surface area (Å²) < 4.78 is 0. The third-order valence-electron chi connectivity index (χ3n) is 2.48. The van der Waals surface area contributed by atoms with E-state index < -0.39 is 0 Å². The Hall–Kier alpha value is -1.06. The Labute approximate surface area is 114 Å². The molecule has 0 saturated heterocycles. The summed E-state index contributed by atoms with van der Waals surface area (Å²) >= 11 is 6.13. The fourth-order valence-electron chi connectivity index (χ4n) is 1.60. The molecule has 0 aliphatic rings. The molecule has 0 spiro atoms. The molecule has 0 fully saturated rings. The summed E-state index contributed by atoms with van der Waals surface area (Å²) in [6.45, 7) is 10.2. The molecule has 3 nitrogen and oxygen atoms in total. The highest BCUT2D eigenvalue weighted by Gasteiger charge is 2.13. The topological polar surface area (TPSA) is 41.1 Å². The van der Waals surface area contributed by atoms with Crippen molar-refractivity contribution in [2.75, 3.05) is 11.9 Å². The van der Waals surface area contributed by atoms with Crippen LogP contribution in [0, 0.1) is 13.8 Å². The molecule has 0 radical (unpaired) electrons. The van der Waals surface area contributed by atoms with Crippen molar-refractivity contribution in [2.45, 2.75) is 40.2 Å². The van der Waals surface area contributed by atoms with Gasteiger partial charge in [-0.2, -0.15) is 0 Å². The zero-order valence-corrected chi connectivity index (χ0v) is 12.4. The number of hydrogen-bond acceptors (Lipinski definition) is 2. The molecule has 1 rings (SSSR count). The summed E-state index contributed by atoms with van der Waals surface area (Å²) in [5, 5.41) is 6.56. The molecule has 4 heteroatoms. The summed E-state index contributed by atoms with van der Waals surface area (Å²) in [7, 11) is 0. The van der Waals surface area contributed by atoms with Gasteiger partial charge in [-0.05, 0) is 51.8 Å². The Kier molecular flexibility index (Phi) is 4.77. The van der Waals surface area contributed by atoms with Crippen molar-refractivity contribution in [1.82, 2.24) is 5.32 Å². The van der Waals surface area contributed by atoms with Gasteiger partial charge in [-0.15, -0.1) is 0 Å². The van der Waals surface area contributed by atoms with Crippen molar-refractivity contribution in [1.29, 1.82) is 0 Å². The van der Waals surface area contributed by atoms with E-state index >= 15 is 0 Å². The van der Waals surface area contributed by atoms with Gasteiger partial charge in [-0.25, -0.2) is 0 Å². The standard InChI is InChI=1S/C14H21ClN2O/c1-9-6-10(2)13(11(15)7-9)17-12(18)8-16-14(3,4)5/h6-7,16H,8H2,1-5H3,(H,17,18). The largest absolute Gasteiger partial charge is 0.323 e. The van der Waals surface area contributed by atoms with Crippen molar-refractivity contribution in [3.05, 3.63) is 28.3 Å². The molecule has 0 atom stereocenters. The summed E-state index contributed by atoms with van der Waals surface area (Å²) in [5.41, 5.74) is 2.68. The van der Waals surface area contributed by atoms with Crippen molar-refractivity contribution >= 4 is 23.2 Å². The van der Waals surface area contributed by atoms with Crippen LogP contribution in [0.4, 0.5) is 5.69 Å². The van der Waals surface area contributed by atoms with E-state index in [1.807, 2.05) is 46.8 Å². The molecule has 0 aliphatic heterocycles. The van der Waals surface area contributed by atoms with Crippen molar-refractivity contribution in [3.63, 3.8) is 0 Å². The highest BCUT2D eigenvalue weighted by molar-refractivity contribution is 6.34. The smallest absolute Gasteiger partial charge is 0.238 e. The van der Waals surface area contributed by atoms with Gasteiger partial charge >= 0.3 is 0 Å². The lowest BCUT2D eigenvalue weighted by molar-refractivity contribution is -0.115. The molecule has 1 aromatic carbocycles. The van der Waals surface area contributed by atoms with Crippen LogP contribution in [-0.2, 0) is 4.79 Å². The predicted molar refractivity (Wildman–Crippen MR) is 77.3 cm³/mol. The van der Waals surface area contributed by atoms with E-state index in [0.717, 1.165) is 11.1 Å². The van der Waals surface area contributed by atoms with Crippen LogP contribution < -0.4 is 10.6 Å². The van der Waals surface area contributed by atoms with Crippen molar-refractivity contribution in [2.24, 2.45) is 0 Å². The van der Waals surface area contributed by atoms with Crippen LogP contribution in [0.25, 0.3) is 0 Å². The lowest BCUT2D eigenvalue weighted by atomic mass is 10.1. The Balaban J connectivity index is 2.71. The third-order valence-corrected chi connectivity index (χ3v) is 2.77. The number of carbonyl (C=O) groups is 1. The molecule has 0 aromatic heterocycles. The van der Waals surface area contributed by atoms with E-state index in [4.69, 9.17) is 11.6 Å².